The monoisotopic (exact) mass is 352 g/mol. The van der Waals surface area contributed by atoms with E-state index >= 15 is 0 Å². The standard InChI is InChI=1S/C16H21ClN4OS/c1-12-3-4-13(17)11-14(12)20-6-8-21(9-7-20)16-18-15(19-23-16)5-10-22-2/h3-4,11H,5-10H2,1-2H3. The van der Waals surface area contributed by atoms with Gasteiger partial charge in [0.25, 0.3) is 0 Å². The van der Waals surface area contributed by atoms with Gasteiger partial charge in [-0.3, -0.25) is 0 Å². The molecule has 23 heavy (non-hydrogen) atoms. The molecule has 0 bridgehead atoms. The number of nitrogens with zero attached hydrogens (tertiary/aromatic N) is 4. The summed E-state index contributed by atoms with van der Waals surface area (Å²) < 4.78 is 9.49. The summed E-state index contributed by atoms with van der Waals surface area (Å²) in [6.45, 7) is 6.63. The largest absolute Gasteiger partial charge is 0.384 e. The molecular formula is C16H21ClN4OS. The van der Waals surface area contributed by atoms with Gasteiger partial charge in [0.15, 0.2) is 0 Å². The molecule has 0 atom stereocenters. The van der Waals surface area contributed by atoms with E-state index in [9.17, 15) is 0 Å². The van der Waals surface area contributed by atoms with Gasteiger partial charge in [0.05, 0.1) is 6.61 Å². The van der Waals surface area contributed by atoms with Crippen LogP contribution in [-0.4, -0.2) is 49.3 Å². The van der Waals surface area contributed by atoms with E-state index in [1.807, 2.05) is 6.07 Å². The summed E-state index contributed by atoms with van der Waals surface area (Å²) in [4.78, 5) is 9.32. The van der Waals surface area contributed by atoms with Crippen molar-refractivity contribution < 1.29 is 4.74 Å². The zero-order valence-corrected chi connectivity index (χ0v) is 15.0. The molecule has 5 nitrogen and oxygen atoms in total. The van der Waals surface area contributed by atoms with Crippen LogP contribution in [0.2, 0.25) is 5.02 Å². The van der Waals surface area contributed by atoms with E-state index in [4.69, 9.17) is 16.3 Å². The lowest BCUT2D eigenvalue weighted by Gasteiger charge is -2.36. The molecular weight excluding hydrogens is 332 g/mol. The van der Waals surface area contributed by atoms with Crippen molar-refractivity contribution >= 4 is 34.0 Å². The van der Waals surface area contributed by atoms with Crippen molar-refractivity contribution in [2.75, 3.05) is 49.7 Å². The Kier molecular flexibility index (Phi) is 5.35. The van der Waals surface area contributed by atoms with Crippen LogP contribution in [0.4, 0.5) is 10.8 Å². The molecule has 0 spiro atoms. The Morgan fingerprint density at radius 1 is 1.22 bits per heavy atom. The molecule has 1 aromatic carbocycles. The maximum absolute atomic E-state index is 6.14. The van der Waals surface area contributed by atoms with Crippen LogP contribution in [0.1, 0.15) is 11.4 Å². The summed E-state index contributed by atoms with van der Waals surface area (Å²) >= 11 is 7.62. The number of piperazine rings is 1. The quantitative estimate of drug-likeness (QED) is 0.827. The molecule has 1 aromatic heterocycles. The van der Waals surface area contributed by atoms with Crippen molar-refractivity contribution in [3.63, 3.8) is 0 Å². The lowest BCUT2D eigenvalue weighted by molar-refractivity contribution is 0.201. The van der Waals surface area contributed by atoms with Gasteiger partial charge in [0.1, 0.15) is 5.82 Å². The first kappa shape index (κ1) is 16.5. The number of benzene rings is 1. The highest BCUT2D eigenvalue weighted by Gasteiger charge is 2.21. The van der Waals surface area contributed by atoms with E-state index in [-0.39, 0.29) is 0 Å². The van der Waals surface area contributed by atoms with Gasteiger partial charge in [-0.05, 0) is 24.6 Å². The summed E-state index contributed by atoms with van der Waals surface area (Å²) in [6, 6.07) is 6.08. The fourth-order valence-electron chi connectivity index (χ4n) is 2.73. The number of halogens is 1. The third-order valence-corrected chi connectivity index (χ3v) is 5.10. The molecule has 1 saturated heterocycles. The van der Waals surface area contributed by atoms with E-state index in [1.165, 1.54) is 22.8 Å². The second-order valence-electron chi connectivity index (χ2n) is 5.64. The number of anilines is 2. The van der Waals surface area contributed by atoms with Crippen LogP contribution in [0.3, 0.4) is 0 Å². The molecule has 0 amide bonds. The Morgan fingerprint density at radius 3 is 2.70 bits per heavy atom. The maximum atomic E-state index is 6.14. The lowest BCUT2D eigenvalue weighted by Crippen LogP contribution is -2.46. The van der Waals surface area contributed by atoms with Gasteiger partial charge in [-0.1, -0.05) is 17.7 Å². The average molecular weight is 353 g/mol. The van der Waals surface area contributed by atoms with Gasteiger partial charge < -0.3 is 14.5 Å². The highest BCUT2D eigenvalue weighted by Crippen LogP contribution is 2.27. The van der Waals surface area contributed by atoms with Crippen LogP contribution in [0.15, 0.2) is 18.2 Å². The SMILES string of the molecule is COCCc1nsc(N2CCN(c3cc(Cl)ccc3C)CC2)n1. The normalized spacial score (nSPS) is 15.3. The zero-order valence-electron chi connectivity index (χ0n) is 13.5. The molecule has 7 heteroatoms. The number of hydrogen-bond donors (Lipinski definition) is 0. The van der Waals surface area contributed by atoms with Gasteiger partial charge in [0, 0.05) is 62.0 Å². The van der Waals surface area contributed by atoms with Crippen molar-refractivity contribution in [2.24, 2.45) is 0 Å². The van der Waals surface area contributed by atoms with E-state index in [0.717, 1.165) is 48.6 Å². The number of hydrogen-bond acceptors (Lipinski definition) is 6. The van der Waals surface area contributed by atoms with Crippen LogP contribution in [0.5, 0.6) is 0 Å². The molecule has 124 valence electrons. The van der Waals surface area contributed by atoms with Crippen LogP contribution >= 0.6 is 23.1 Å². The molecule has 2 aromatic rings. The van der Waals surface area contributed by atoms with Gasteiger partial charge in [-0.2, -0.15) is 4.37 Å². The smallest absolute Gasteiger partial charge is 0.205 e. The summed E-state index contributed by atoms with van der Waals surface area (Å²) in [5.41, 5.74) is 2.50. The minimum atomic E-state index is 0.665. The first-order valence-electron chi connectivity index (χ1n) is 7.75. The molecule has 0 unspecified atom stereocenters. The summed E-state index contributed by atoms with van der Waals surface area (Å²) in [7, 11) is 1.70. The topological polar surface area (TPSA) is 41.5 Å². The molecule has 2 heterocycles. The van der Waals surface area contributed by atoms with Gasteiger partial charge >= 0.3 is 0 Å². The van der Waals surface area contributed by atoms with E-state index in [0.29, 0.717) is 6.61 Å². The Bertz CT molecular complexity index is 655. The molecule has 3 rings (SSSR count). The van der Waals surface area contributed by atoms with Crippen LogP contribution < -0.4 is 9.80 Å². The zero-order chi connectivity index (χ0) is 16.2. The minimum absolute atomic E-state index is 0.665. The molecule has 0 saturated carbocycles. The fourth-order valence-corrected chi connectivity index (χ4v) is 3.66. The van der Waals surface area contributed by atoms with E-state index < -0.39 is 0 Å². The average Bonchev–Trinajstić information content (AvgIpc) is 3.04. The molecule has 0 radical (unpaired) electrons. The molecule has 1 aliphatic heterocycles. The first-order chi connectivity index (χ1) is 11.2. The third kappa shape index (κ3) is 3.94. The number of aryl methyl sites for hydroxylation is 1. The van der Waals surface area contributed by atoms with Crippen LogP contribution in [0, 0.1) is 6.92 Å². The van der Waals surface area contributed by atoms with E-state index in [2.05, 4.69) is 38.2 Å². The maximum Gasteiger partial charge on any atom is 0.205 e. The predicted octanol–water partition coefficient (Wildman–Crippen LogP) is 3.02. The molecule has 1 aliphatic rings. The second-order valence-corrected chi connectivity index (χ2v) is 6.81. The number of rotatable bonds is 5. The predicted molar refractivity (Wildman–Crippen MR) is 96.1 cm³/mol. The number of ether oxygens (including phenoxy) is 1. The Labute approximate surface area is 146 Å². The minimum Gasteiger partial charge on any atom is -0.384 e. The second kappa shape index (κ2) is 7.47. The first-order valence-corrected chi connectivity index (χ1v) is 8.90. The van der Waals surface area contributed by atoms with Crippen molar-refractivity contribution in [3.8, 4) is 0 Å². The van der Waals surface area contributed by atoms with Crippen LogP contribution in [0.25, 0.3) is 0 Å². The summed E-state index contributed by atoms with van der Waals surface area (Å²) in [6.07, 6.45) is 0.772. The van der Waals surface area contributed by atoms with Crippen molar-refractivity contribution in [1.82, 2.24) is 9.36 Å². The highest BCUT2D eigenvalue weighted by atomic mass is 35.5. The van der Waals surface area contributed by atoms with E-state index in [1.54, 1.807) is 7.11 Å². The lowest BCUT2D eigenvalue weighted by atomic mass is 10.1. The van der Waals surface area contributed by atoms with Gasteiger partial charge in [-0.25, -0.2) is 4.98 Å². The van der Waals surface area contributed by atoms with Crippen LogP contribution in [-0.2, 0) is 11.2 Å². The highest BCUT2D eigenvalue weighted by molar-refractivity contribution is 7.09. The summed E-state index contributed by atoms with van der Waals surface area (Å²) in [5.74, 6) is 0.875. The number of methoxy groups -OCH3 is 1. The Morgan fingerprint density at radius 2 is 1.96 bits per heavy atom. The number of aromatic nitrogens is 2. The van der Waals surface area contributed by atoms with Crippen molar-refractivity contribution in [2.45, 2.75) is 13.3 Å². The molecule has 0 N–H and O–H groups in total. The molecule has 1 fully saturated rings. The third-order valence-electron chi connectivity index (χ3n) is 4.05. The summed E-state index contributed by atoms with van der Waals surface area (Å²) in [5, 5.41) is 1.80. The van der Waals surface area contributed by atoms with Crippen molar-refractivity contribution in [1.29, 1.82) is 0 Å². The van der Waals surface area contributed by atoms with Gasteiger partial charge in [0.2, 0.25) is 5.13 Å². The Balaban J connectivity index is 1.62. The van der Waals surface area contributed by atoms with Crippen molar-refractivity contribution in [3.05, 3.63) is 34.6 Å². The molecule has 0 aliphatic carbocycles. The van der Waals surface area contributed by atoms with Gasteiger partial charge in [-0.15, -0.1) is 0 Å². The Hall–Kier alpha value is -1.37. The fraction of sp³-hybridized carbons (Fsp3) is 0.500.